The molecule has 2 atom stereocenters. The lowest BCUT2D eigenvalue weighted by atomic mass is 10.0. The fourth-order valence-electron chi connectivity index (χ4n) is 4.39. The van der Waals surface area contributed by atoms with Crippen LogP contribution in [0.3, 0.4) is 0 Å². The summed E-state index contributed by atoms with van der Waals surface area (Å²) in [5, 5.41) is 3.42. The average Bonchev–Trinajstić information content (AvgIpc) is 2.97. The Kier molecular flexibility index (Phi) is 11.6. The third-order valence-electron chi connectivity index (χ3n) is 6.90. The second kappa shape index (κ2) is 14.9. The molecular weight excluding hydrogens is 578 g/mol. The molecule has 0 bridgehead atoms. The van der Waals surface area contributed by atoms with Gasteiger partial charge in [0.15, 0.2) is 0 Å². The minimum atomic E-state index is -3.99. The van der Waals surface area contributed by atoms with Crippen LogP contribution in [-0.2, 0) is 32.6 Å². The highest BCUT2D eigenvalue weighted by molar-refractivity contribution is 7.92. The molecule has 1 N–H and O–H groups in total. The van der Waals surface area contributed by atoms with Gasteiger partial charge >= 0.3 is 0 Å². The number of halogens is 1. The van der Waals surface area contributed by atoms with Crippen molar-refractivity contribution in [3.05, 3.63) is 88.9 Å². The number of amides is 2. The SMILES string of the molecule is CCC(C)NC(=O)C(Cc1ccccc1)N(Cc1ccccc1Cl)C(=O)CN(c1cc(OC)ccc1OC)S(C)(=O)=O. The van der Waals surface area contributed by atoms with Gasteiger partial charge in [0.2, 0.25) is 21.8 Å². The molecule has 42 heavy (non-hydrogen) atoms. The van der Waals surface area contributed by atoms with Gasteiger partial charge in [0.1, 0.15) is 24.1 Å². The van der Waals surface area contributed by atoms with Gasteiger partial charge in [-0.1, -0.05) is 67.1 Å². The Balaban J connectivity index is 2.12. The first kappa shape index (κ1) is 32.8. The van der Waals surface area contributed by atoms with Crippen LogP contribution in [0.1, 0.15) is 31.4 Å². The van der Waals surface area contributed by atoms with E-state index < -0.39 is 28.5 Å². The molecule has 9 nitrogen and oxygen atoms in total. The summed E-state index contributed by atoms with van der Waals surface area (Å²) in [6.45, 7) is 3.24. The van der Waals surface area contributed by atoms with E-state index in [1.807, 2.05) is 44.2 Å². The lowest BCUT2D eigenvalue weighted by Gasteiger charge is -2.34. The minimum Gasteiger partial charge on any atom is -0.497 e. The molecule has 0 aliphatic rings. The van der Waals surface area contributed by atoms with Crippen molar-refractivity contribution in [2.45, 2.75) is 45.3 Å². The molecule has 0 fully saturated rings. The number of benzene rings is 3. The van der Waals surface area contributed by atoms with Gasteiger partial charge in [-0.05, 0) is 42.7 Å². The van der Waals surface area contributed by atoms with Crippen LogP contribution >= 0.6 is 11.6 Å². The normalized spacial score (nSPS) is 12.6. The zero-order chi connectivity index (χ0) is 30.9. The predicted octanol–water partition coefficient (Wildman–Crippen LogP) is 4.68. The fourth-order valence-corrected chi connectivity index (χ4v) is 5.43. The van der Waals surface area contributed by atoms with Crippen molar-refractivity contribution in [1.29, 1.82) is 0 Å². The van der Waals surface area contributed by atoms with Crippen LogP contribution in [0.25, 0.3) is 0 Å². The van der Waals surface area contributed by atoms with Gasteiger partial charge in [0.05, 0.1) is 26.2 Å². The Hall–Kier alpha value is -3.76. The monoisotopic (exact) mass is 615 g/mol. The van der Waals surface area contributed by atoms with Crippen molar-refractivity contribution < 1.29 is 27.5 Å². The molecule has 0 aliphatic heterocycles. The lowest BCUT2D eigenvalue weighted by molar-refractivity contribution is -0.140. The first-order valence-electron chi connectivity index (χ1n) is 13.5. The van der Waals surface area contributed by atoms with Crippen LogP contribution in [0, 0.1) is 0 Å². The van der Waals surface area contributed by atoms with Crippen LogP contribution in [-0.4, -0.2) is 64.2 Å². The van der Waals surface area contributed by atoms with Crippen LogP contribution < -0.4 is 19.1 Å². The smallest absolute Gasteiger partial charge is 0.244 e. The number of nitrogens with zero attached hydrogens (tertiary/aromatic N) is 2. The minimum absolute atomic E-state index is 0.0171. The van der Waals surface area contributed by atoms with Crippen LogP contribution in [0.15, 0.2) is 72.8 Å². The largest absolute Gasteiger partial charge is 0.497 e. The zero-order valence-corrected chi connectivity index (χ0v) is 26.1. The molecular formula is C31H38ClN3O6S. The third-order valence-corrected chi connectivity index (χ3v) is 8.40. The van der Waals surface area contributed by atoms with Gasteiger partial charge in [-0.3, -0.25) is 13.9 Å². The number of hydrogen-bond donors (Lipinski definition) is 1. The zero-order valence-electron chi connectivity index (χ0n) is 24.5. The maximum Gasteiger partial charge on any atom is 0.244 e. The second-order valence-electron chi connectivity index (χ2n) is 9.94. The Bertz CT molecular complexity index is 1470. The first-order chi connectivity index (χ1) is 20.0. The highest BCUT2D eigenvalue weighted by Gasteiger charge is 2.34. The number of methoxy groups -OCH3 is 2. The topological polar surface area (TPSA) is 105 Å². The second-order valence-corrected chi connectivity index (χ2v) is 12.3. The molecule has 0 aromatic heterocycles. The fraction of sp³-hybridized carbons (Fsp3) is 0.355. The number of carbonyl (C=O) groups is 2. The summed E-state index contributed by atoms with van der Waals surface area (Å²) in [5.74, 6) is -0.319. The Labute approximate surface area is 253 Å². The van der Waals surface area contributed by atoms with Gasteiger partial charge in [-0.15, -0.1) is 0 Å². The van der Waals surface area contributed by atoms with E-state index in [0.29, 0.717) is 22.8 Å². The van der Waals surface area contributed by atoms with E-state index in [-0.39, 0.29) is 36.4 Å². The first-order valence-corrected chi connectivity index (χ1v) is 15.8. The van der Waals surface area contributed by atoms with E-state index in [2.05, 4.69) is 5.32 Å². The number of nitrogens with one attached hydrogen (secondary N) is 1. The third kappa shape index (κ3) is 8.62. The molecule has 11 heteroatoms. The Morgan fingerprint density at radius 2 is 1.64 bits per heavy atom. The quantitative estimate of drug-likeness (QED) is 0.282. The molecule has 0 aliphatic carbocycles. The summed E-state index contributed by atoms with van der Waals surface area (Å²) < 4.78 is 37.9. The van der Waals surface area contributed by atoms with Crippen molar-refractivity contribution in [2.75, 3.05) is 31.3 Å². The number of hydrogen-bond acceptors (Lipinski definition) is 6. The summed E-state index contributed by atoms with van der Waals surface area (Å²) in [5.41, 5.74) is 1.59. The number of anilines is 1. The molecule has 226 valence electrons. The van der Waals surface area contributed by atoms with Crippen molar-refractivity contribution in [2.24, 2.45) is 0 Å². The molecule has 3 aromatic rings. The van der Waals surface area contributed by atoms with Crippen LogP contribution in [0.4, 0.5) is 5.69 Å². The molecule has 0 saturated heterocycles. The van der Waals surface area contributed by atoms with Crippen molar-refractivity contribution >= 4 is 39.1 Å². The van der Waals surface area contributed by atoms with Gasteiger partial charge in [0, 0.05) is 30.1 Å². The maximum atomic E-state index is 14.3. The van der Waals surface area contributed by atoms with E-state index in [9.17, 15) is 18.0 Å². The van der Waals surface area contributed by atoms with Gasteiger partial charge in [-0.2, -0.15) is 0 Å². The average molecular weight is 616 g/mol. The van der Waals surface area contributed by atoms with Gasteiger partial charge in [-0.25, -0.2) is 8.42 Å². The Morgan fingerprint density at radius 3 is 2.24 bits per heavy atom. The highest BCUT2D eigenvalue weighted by Crippen LogP contribution is 2.34. The van der Waals surface area contributed by atoms with Crippen molar-refractivity contribution in [3.8, 4) is 11.5 Å². The number of sulfonamides is 1. The molecule has 3 aromatic carbocycles. The lowest BCUT2D eigenvalue weighted by Crippen LogP contribution is -2.54. The van der Waals surface area contributed by atoms with Gasteiger partial charge in [0.25, 0.3) is 0 Å². The summed E-state index contributed by atoms with van der Waals surface area (Å²) in [6.07, 6.45) is 1.91. The molecule has 0 saturated carbocycles. The summed E-state index contributed by atoms with van der Waals surface area (Å²) in [7, 11) is -1.12. The highest BCUT2D eigenvalue weighted by atomic mass is 35.5. The van der Waals surface area contributed by atoms with E-state index in [0.717, 1.165) is 16.1 Å². The number of carbonyl (C=O) groups excluding carboxylic acids is 2. The summed E-state index contributed by atoms with van der Waals surface area (Å²) in [4.78, 5) is 29.4. The summed E-state index contributed by atoms with van der Waals surface area (Å²) in [6, 6.07) is 20.0. The number of rotatable bonds is 14. The van der Waals surface area contributed by atoms with Gasteiger partial charge < -0.3 is 19.7 Å². The van der Waals surface area contributed by atoms with E-state index in [1.165, 1.54) is 25.2 Å². The standard InChI is InChI=1S/C31H38ClN3O6S/c1-6-22(2)33-31(37)28(18-23-12-8-7-9-13-23)34(20-24-14-10-11-15-26(24)32)30(36)21-35(42(5,38)39)27-19-25(40-3)16-17-29(27)41-4/h7-17,19,22,28H,6,18,20-21H2,1-5H3,(H,33,37). The molecule has 0 spiro atoms. The molecule has 0 radical (unpaired) electrons. The van der Waals surface area contributed by atoms with Crippen molar-refractivity contribution in [1.82, 2.24) is 10.2 Å². The molecule has 0 heterocycles. The summed E-state index contributed by atoms with van der Waals surface area (Å²) >= 11 is 6.50. The van der Waals surface area contributed by atoms with E-state index in [1.54, 1.807) is 36.4 Å². The molecule has 3 rings (SSSR count). The van der Waals surface area contributed by atoms with Crippen molar-refractivity contribution in [3.63, 3.8) is 0 Å². The molecule has 2 amide bonds. The molecule has 2 unspecified atom stereocenters. The Morgan fingerprint density at radius 1 is 0.976 bits per heavy atom. The van der Waals surface area contributed by atoms with E-state index in [4.69, 9.17) is 21.1 Å². The predicted molar refractivity (Wildman–Crippen MR) is 166 cm³/mol. The van der Waals surface area contributed by atoms with E-state index >= 15 is 0 Å². The van der Waals surface area contributed by atoms with Crippen LogP contribution in [0.2, 0.25) is 5.02 Å². The van der Waals surface area contributed by atoms with Crippen LogP contribution in [0.5, 0.6) is 11.5 Å². The maximum absolute atomic E-state index is 14.3. The number of ether oxygens (including phenoxy) is 2.